The van der Waals surface area contributed by atoms with Gasteiger partial charge in [0.15, 0.2) is 9.84 Å². The van der Waals surface area contributed by atoms with Crippen molar-refractivity contribution in [3.63, 3.8) is 0 Å². The molecule has 1 aromatic carbocycles. The number of hydrogen-bond acceptors (Lipinski definition) is 2. The highest BCUT2D eigenvalue weighted by molar-refractivity contribution is 9.09. The third-order valence-corrected chi connectivity index (χ3v) is 6.00. The molecule has 0 aliphatic heterocycles. The minimum absolute atomic E-state index is 0.0224. The van der Waals surface area contributed by atoms with Crippen molar-refractivity contribution in [2.45, 2.75) is 31.4 Å². The van der Waals surface area contributed by atoms with Gasteiger partial charge in [-0.15, -0.1) is 0 Å². The monoisotopic (exact) mass is 336 g/mol. The van der Waals surface area contributed by atoms with Gasteiger partial charge in [-0.1, -0.05) is 28.1 Å². The molecule has 5 heteroatoms. The maximum atomic E-state index is 13.1. The molecule has 0 amide bonds. The lowest BCUT2D eigenvalue weighted by Crippen LogP contribution is -2.19. The van der Waals surface area contributed by atoms with Gasteiger partial charge in [-0.2, -0.15) is 0 Å². The first-order valence-electron chi connectivity index (χ1n) is 5.90. The summed E-state index contributed by atoms with van der Waals surface area (Å²) < 4.78 is 36.7. The fourth-order valence-corrected chi connectivity index (χ4v) is 3.42. The number of rotatable bonds is 6. The van der Waals surface area contributed by atoms with Crippen LogP contribution in [-0.2, 0) is 9.84 Å². The predicted octanol–water partition coefficient (Wildman–Crippen LogP) is 3.52. The Morgan fingerprint density at radius 3 is 2.50 bits per heavy atom. The molecule has 2 nitrogen and oxygen atoms in total. The van der Waals surface area contributed by atoms with E-state index < -0.39 is 9.84 Å². The summed E-state index contributed by atoms with van der Waals surface area (Å²) in [7, 11) is -3.04. The van der Waals surface area contributed by atoms with Crippen LogP contribution in [0, 0.1) is 5.82 Å². The van der Waals surface area contributed by atoms with Gasteiger partial charge in [0, 0.05) is 5.33 Å². The number of halogens is 2. The Morgan fingerprint density at radius 1 is 1.33 bits per heavy atom. The number of sulfone groups is 1. The molecule has 0 spiro atoms. The summed E-state index contributed by atoms with van der Waals surface area (Å²) in [5.74, 6) is -0.128. The number of alkyl halides is 1. The SMILES string of the molecule is CC(C)S(=O)(=O)CCC(CBr)c1cccc(F)c1. The Labute approximate surface area is 117 Å². The molecule has 102 valence electrons. The molecule has 1 aromatic rings. The molecule has 0 aliphatic carbocycles. The van der Waals surface area contributed by atoms with Crippen molar-refractivity contribution in [2.75, 3.05) is 11.1 Å². The Hall–Kier alpha value is -0.420. The largest absolute Gasteiger partial charge is 0.229 e. The van der Waals surface area contributed by atoms with Gasteiger partial charge >= 0.3 is 0 Å². The minimum Gasteiger partial charge on any atom is -0.229 e. The fourth-order valence-electron chi connectivity index (χ4n) is 1.64. The van der Waals surface area contributed by atoms with E-state index in [9.17, 15) is 12.8 Å². The highest BCUT2D eigenvalue weighted by atomic mass is 79.9. The molecule has 0 saturated heterocycles. The third-order valence-electron chi connectivity index (χ3n) is 2.98. The van der Waals surface area contributed by atoms with E-state index in [2.05, 4.69) is 15.9 Å². The lowest BCUT2D eigenvalue weighted by Gasteiger charge is -2.15. The topological polar surface area (TPSA) is 34.1 Å². The van der Waals surface area contributed by atoms with E-state index in [-0.39, 0.29) is 22.7 Å². The van der Waals surface area contributed by atoms with E-state index in [1.807, 2.05) is 6.07 Å². The van der Waals surface area contributed by atoms with Gasteiger partial charge in [0.1, 0.15) is 5.82 Å². The molecule has 0 bridgehead atoms. The zero-order chi connectivity index (χ0) is 13.8. The maximum absolute atomic E-state index is 13.1. The molecular formula is C13H18BrFO2S. The van der Waals surface area contributed by atoms with Gasteiger partial charge in [-0.3, -0.25) is 0 Å². The van der Waals surface area contributed by atoms with E-state index in [0.717, 1.165) is 5.56 Å². The second-order valence-corrected chi connectivity index (χ2v) is 7.93. The van der Waals surface area contributed by atoms with Crippen molar-refractivity contribution in [2.24, 2.45) is 0 Å². The molecule has 1 unspecified atom stereocenters. The average Bonchev–Trinajstić information content (AvgIpc) is 2.29. The second-order valence-electron chi connectivity index (χ2n) is 4.61. The summed E-state index contributed by atoms with van der Waals surface area (Å²) in [5.41, 5.74) is 0.839. The lowest BCUT2D eigenvalue weighted by molar-refractivity contribution is 0.580. The molecule has 0 aromatic heterocycles. The quantitative estimate of drug-likeness (QED) is 0.745. The van der Waals surface area contributed by atoms with E-state index >= 15 is 0 Å². The van der Waals surface area contributed by atoms with E-state index in [0.29, 0.717) is 11.8 Å². The summed E-state index contributed by atoms with van der Waals surface area (Å²) in [5, 5.41) is 0.269. The summed E-state index contributed by atoms with van der Waals surface area (Å²) in [4.78, 5) is 0. The number of hydrogen-bond donors (Lipinski definition) is 0. The molecule has 0 aliphatic rings. The first kappa shape index (κ1) is 15.6. The summed E-state index contributed by atoms with van der Waals surface area (Å²) >= 11 is 3.36. The van der Waals surface area contributed by atoms with Crippen molar-refractivity contribution in [1.29, 1.82) is 0 Å². The third kappa shape index (κ3) is 4.35. The van der Waals surface area contributed by atoms with Crippen molar-refractivity contribution >= 4 is 25.8 Å². The van der Waals surface area contributed by atoms with Gasteiger partial charge in [0.05, 0.1) is 11.0 Å². The van der Waals surface area contributed by atoms with Crippen LogP contribution >= 0.6 is 15.9 Å². The van der Waals surface area contributed by atoms with E-state index in [1.54, 1.807) is 19.9 Å². The zero-order valence-corrected chi connectivity index (χ0v) is 13.0. The predicted molar refractivity (Wildman–Crippen MR) is 76.5 cm³/mol. The van der Waals surface area contributed by atoms with Gasteiger partial charge in [-0.05, 0) is 43.9 Å². The van der Waals surface area contributed by atoms with Gasteiger partial charge in [0.2, 0.25) is 0 Å². The van der Waals surface area contributed by atoms with Crippen molar-refractivity contribution in [3.05, 3.63) is 35.6 Å². The molecule has 0 heterocycles. The van der Waals surface area contributed by atoms with E-state index in [4.69, 9.17) is 0 Å². The van der Waals surface area contributed by atoms with Crippen LogP contribution in [0.5, 0.6) is 0 Å². The molecule has 1 atom stereocenters. The van der Waals surface area contributed by atoms with Crippen LogP contribution in [0.3, 0.4) is 0 Å². The number of benzene rings is 1. The fraction of sp³-hybridized carbons (Fsp3) is 0.538. The van der Waals surface area contributed by atoms with Gasteiger partial charge in [0.25, 0.3) is 0 Å². The van der Waals surface area contributed by atoms with E-state index in [1.165, 1.54) is 12.1 Å². The van der Waals surface area contributed by atoms with Crippen LogP contribution in [0.2, 0.25) is 0 Å². The molecule has 0 saturated carbocycles. The molecule has 0 N–H and O–H groups in total. The minimum atomic E-state index is -3.04. The van der Waals surface area contributed by atoms with Crippen LogP contribution in [-0.4, -0.2) is 24.8 Å². The average molecular weight is 337 g/mol. The summed E-state index contributed by atoms with van der Waals surface area (Å²) in [6.45, 7) is 3.36. The Kier molecular flexibility index (Phi) is 5.79. The smallest absolute Gasteiger partial charge is 0.152 e. The van der Waals surface area contributed by atoms with Crippen molar-refractivity contribution in [3.8, 4) is 0 Å². The zero-order valence-electron chi connectivity index (χ0n) is 10.6. The molecular weight excluding hydrogens is 319 g/mol. The standard InChI is InChI=1S/C13H18BrFO2S/c1-10(2)18(16,17)7-6-12(9-14)11-4-3-5-13(15)8-11/h3-5,8,10,12H,6-7,9H2,1-2H3. The first-order chi connectivity index (χ1) is 8.36. The lowest BCUT2D eigenvalue weighted by atomic mass is 9.99. The van der Waals surface area contributed by atoms with Crippen molar-refractivity contribution < 1.29 is 12.8 Å². The summed E-state index contributed by atoms with van der Waals surface area (Å²) in [6, 6.07) is 6.34. The van der Waals surface area contributed by atoms with Crippen LogP contribution in [0.15, 0.2) is 24.3 Å². The highest BCUT2D eigenvalue weighted by Crippen LogP contribution is 2.24. The van der Waals surface area contributed by atoms with Crippen LogP contribution in [0.4, 0.5) is 4.39 Å². The maximum Gasteiger partial charge on any atom is 0.152 e. The van der Waals surface area contributed by atoms with Gasteiger partial charge in [-0.25, -0.2) is 12.8 Å². The Balaban J connectivity index is 2.75. The van der Waals surface area contributed by atoms with Crippen LogP contribution in [0.25, 0.3) is 0 Å². The van der Waals surface area contributed by atoms with Gasteiger partial charge < -0.3 is 0 Å². The van der Waals surface area contributed by atoms with Crippen LogP contribution < -0.4 is 0 Å². The molecule has 0 radical (unpaired) electrons. The highest BCUT2D eigenvalue weighted by Gasteiger charge is 2.19. The first-order valence-corrected chi connectivity index (χ1v) is 8.73. The molecule has 1 rings (SSSR count). The normalized spacial score (nSPS) is 13.8. The second kappa shape index (κ2) is 6.66. The summed E-state index contributed by atoms with van der Waals surface area (Å²) in [6.07, 6.45) is 0.509. The Morgan fingerprint density at radius 2 is 2.00 bits per heavy atom. The van der Waals surface area contributed by atoms with Crippen LogP contribution in [0.1, 0.15) is 31.7 Å². The Bertz CT molecular complexity index is 486. The van der Waals surface area contributed by atoms with Crippen molar-refractivity contribution in [1.82, 2.24) is 0 Å². The molecule has 0 fully saturated rings. The molecule has 18 heavy (non-hydrogen) atoms.